The molecule has 314 valence electrons. The molecule has 0 fully saturated rings. The number of methoxy groups -OCH3 is 1. The maximum Gasteiger partial charge on any atom is 0.416 e. The highest BCUT2D eigenvalue weighted by molar-refractivity contribution is 6.74. The smallest absolute Gasteiger partial charge is 0.416 e. The van der Waals surface area contributed by atoms with E-state index in [0.29, 0.717) is 17.7 Å². The number of amides is 5. The van der Waals surface area contributed by atoms with Gasteiger partial charge in [0.05, 0.1) is 24.4 Å². The molecule has 58 heavy (non-hydrogen) atoms. The number of carbonyl (C=O) groups is 5. The molecule has 2 aromatic rings. The molecule has 2 heterocycles. The maximum absolute atomic E-state index is 14.4. The van der Waals surface area contributed by atoms with Crippen LogP contribution in [0.3, 0.4) is 0 Å². The topological polar surface area (TPSA) is 185 Å². The van der Waals surface area contributed by atoms with E-state index in [1.807, 2.05) is 19.1 Å². The Morgan fingerprint density at radius 3 is 2.29 bits per heavy atom. The first-order valence-corrected chi connectivity index (χ1v) is 22.1. The number of fused-ring (bicyclic) bond motifs is 2. The van der Waals surface area contributed by atoms with Crippen LogP contribution in [-0.4, -0.2) is 86.3 Å². The minimum Gasteiger partial charge on any atom is -0.504 e. The molecule has 15 nitrogen and oxygen atoms in total. The predicted molar refractivity (Wildman–Crippen MR) is 223 cm³/mol. The highest BCUT2D eigenvalue weighted by Crippen LogP contribution is 2.45. The number of allylic oxidation sites excluding steroid dienone is 2. The van der Waals surface area contributed by atoms with Gasteiger partial charge in [0.15, 0.2) is 26.0 Å². The molecule has 0 spiro atoms. The van der Waals surface area contributed by atoms with Gasteiger partial charge in [0, 0.05) is 18.0 Å². The summed E-state index contributed by atoms with van der Waals surface area (Å²) in [6.07, 6.45) is 4.83. The molecular weight excluding hydrogens is 763 g/mol. The standard InChI is InChI=1S/C42H57N5O10Si/c1-12-14-28-20-32-39(57-58(10,11)42(6,7)8)47(31-22-33(48)34(54-9)21-30(31)38(51)46(32)23-28)41(53)56-24-27-15-17-29(18-16-27)44-36(49)26(5)43-37(50)35(25(3)4)45-40(52)55-19-13-2/h12-18,21-23,25-26,32,35,39,48H,2,19-20,24H2,1,3-11H3,(H,43,50)(H,44,49)(H,45,52)/b14-12+/t26?,32-,35-,39-/m0/s1. The lowest BCUT2D eigenvalue weighted by atomic mass is 10.0. The number of phenolic OH excluding ortho intramolecular Hbond substituents is 1. The van der Waals surface area contributed by atoms with Crippen LogP contribution in [0.25, 0.3) is 0 Å². The highest BCUT2D eigenvalue weighted by Gasteiger charge is 2.50. The van der Waals surface area contributed by atoms with Crippen LogP contribution in [0.4, 0.5) is 21.0 Å². The fourth-order valence-electron chi connectivity index (χ4n) is 6.15. The average molecular weight is 820 g/mol. The third-order valence-electron chi connectivity index (χ3n) is 10.4. The van der Waals surface area contributed by atoms with Crippen LogP contribution >= 0.6 is 0 Å². The number of aromatic hydroxyl groups is 1. The first kappa shape index (κ1) is 45.1. The van der Waals surface area contributed by atoms with Crippen molar-refractivity contribution in [1.82, 2.24) is 15.5 Å². The Morgan fingerprint density at radius 1 is 1.03 bits per heavy atom. The Morgan fingerprint density at radius 2 is 1.71 bits per heavy atom. The zero-order valence-electron chi connectivity index (χ0n) is 35.0. The van der Waals surface area contributed by atoms with E-state index in [9.17, 15) is 29.1 Å². The van der Waals surface area contributed by atoms with Crippen molar-refractivity contribution in [2.75, 3.05) is 23.9 Å². The first-order valence-electron chi connectivity index (χ1n) is 19.2. The third-order valence-corrected chi connectivity index (χ3v) is 14.8. The van der Waals surface area contributed by atoms with Crippen LogP contribution in [0.5, 0.6) is 11.5 Å². The largest absolute Gasteiger partial charge is 0.504 e. The number of hydrogen-bond donors (Lipinski definition) is 4. The second kappa shape index (κ2) is 18.8. The van der Waals surface area contributed by atoms with Crippen LogP contribution in [0, 0.1) is 5.92 Å². The van der Waals surface area contributed by atoms with Crippen molar-refractivity contribution in [3.63, 3.8) is 0 Å². The highest BCUT2D eigenvalue weighted by atomic mass is 28.4. The van der Waals surface area contributed by atoms with Gasteiger partial charge in [-0.15, -0.1) is 0 Å². The number of anilines is 2. The molecule has 2 aliphatic heterocycles. The lowest BCUT2D eigenvalue weighted by Gasteiger charge is -2.44. The molecule has 4 N–H and O–H groups in total. The van der Waals surface area contributed by atoms with Crippen molar-refractivity contribution in [2.45, 2.75) is 104 Å². The van der Waals surface area contributed by atoms with E-state index in [0.717, 1.165) is 5.57 Å². The van der Waals surface area contributed by atoms with E-state index in [-0.39, 0.29) is 52.8 Å². The Labute approximate surface area is 341 Å². The van der Waals surface area contributed by atoms with Crippen molar-refractivity contribution in [3.05, 3.63) is 84.1 Å². The summed E-state index contributed by atoms with van der Waals surface area (Å²) in [5.74, 6) is -1.93. The summed E-state index contributed by atoms with van der Waals surface area (Å²) >= 11 is 0. The lowest BCUT2D eigenvalue weighted by molar-refractivity contribution is -0.128. The van der Waals surface area contributed by atoms with Gasteiger partial charge in [0.2, 0.25) is 11.8 Å². The van der Waals surface area contributed by atoms with Gasteiger partial charge in [-0.3, -0.25) is 14.4 Å². The average Bonchev–Trinajstić information content (AvgIpc) is 3.55. The molecule has 16 heteroatoms. The Balaban J connectivity index is 1.55. The fourth-order valence-corrected chi connectivity index (χ4v) is 7.37. The van der Waals surface area contributed by atoms with Gasteiger partial charge in [0.1, 0.15) is 25.3 Å². The number of carbonyl (C=O) groups excluding carboxylic acids is 5. The van der Waals surface area contributed by atoms with E-state index >= 15 is 0 Å². The molecule has 2 aromatic carbocycles. The normalized spacial score (nSPS) is 17.7. The van der Waals surface area contributed by atoms with Crippen LogP contribution < -0.4 is 25.6 Å². The number of benzene rings is 2. The molecular formula is C42H57N5O10Si. The number of hydrogen-bond acceptors (Lipinski definition) is 10. The molecule has 2 aliphatic rings. The molecule has 0 bridgehead atoms. The van der Waals surface area contributed by atoms with Crippen molar-refractivity contribution in [3.8, 4) is 11.5 Å². The summed E-state index contributed by atoms with van der Waals surface area (Å²) in [5.41, 5.74) is 2.14. The van der Waals surface area contributed by atoms with Gasteiger partial charge >= 0.3 is 12.2 Å². The van der Waals surface area contributed by atoms with Crippen molar-refractivity contribution < 1.29 is 47.7 Å². The molecule has 4 atom stereocenters. The van der Waals surface area contributed by atoms with Crippen LogP contribution in [0.15, 0.2) is 73.0 Å². The zero-order valence-corrected chi connectivity index (χ0v) is 36.0. The molecule has 0 aliphatic carbocycles. The second-order valence-corrected chi connectivity index (χ2v) is 20.8. The second-order valence-electron chi connectivity index (χ2n) is 16.1. The predicted octanol–water partition coefficient (Wildman–Crippen LogP) is 6.96. The SMILES string of the molecule is C=CCOC(=O)N[C@H](C(=O)NC(C)C(=O)Nc1ccc(COC(=O)N2c3cc(O)c(OC)cc3C(=O)N3C=C(/C=C/C)C[C@H]3[C@@H]2O[Si](C)(C)C(C)(C)C)cc1)C(C)C. The molecule has 0 saturated carbocycles. The number of nitrogens with one attached hydrogen (secondary N) is 3. The summed E-state index contributed by atoms with van der Waals surface area (Å²) in [5, 5.41) is 18.6. The first-order chi connectivity index (χ1) is 27.2. The number of phenols is 1. The Hall–Kier alpha value is -5.61. The van der Waals surface area contributed by atoms with Crippen LogP contribution in [0.1, 0.15) is 70.8 Å². The van der Waals surface area contributed by atoms with Gasteiger partial charge in [-0.2, -0.15) is 0 Å². The minimum absolute atomic E-state index is 0.0169. The zero-order chi connectivity index (χ0) is 43.1. The molecule has 0 saturated heterocycles. The van der Waals surface area contributed by atoms with Gasteiger partial charge < -0.3 is 44.6 Å². The van der Waals surface area contributed by atoms with Gasteiger partial charge in [-0.1, -0.05) is 71.6 Å². The third kappa shape index (κ3) is 10.5. The van der Waals surface area contributed by atoms with Gasteiger partial charge in [-0.25, -0.2) is 14.5 Å². The van der Waals surface area contributed by atoms with E-state index in [2.05, 4.69) is 56.4 Å². The number of nitrogens with zero attached hydrogens (tertiary/aromatic N) is 2. The maximum atomic E-state index is 14.4. The molecule has 1 unspecified atom stereocenters. The molecule has 0 aromatic heterocycles. The summed E-state index contributed by atoms with van der Waals surface area (Å²) < 4.78 is 23.2. The van der Waals surface area contributed by atoms with E-state index < -0.39 is 56.7 Å². The number of ether oxygens (including phenoxy) is 3. The van der Waals surface area contributed by atoms with Crippen molar-refractivity contribution in [2.24, 2.45) is 5.92 Å². The number of alkyl carbamates (subject to hydrolysis) is 1. The lowest BCUT2D eigenvalue weighted by Crippen LogP contribution is -2.57. The quantitative estimate of drug-likeness (QED) is 0.115. The summed E-state index contributed by atoms with van der Waals surface area (Å²) in [7, 11) is -1.24. The van der Waals surface area contributed by atoms with Gasteiger partial charge in [0.25, 0.3) is 5.91 Å². The summed E-state index contributed by atoms with van der Waals surface area (Å²) in [6.45, 7) is 20.6. The molecule has 5 amide bonds. The fraction of sp³-hybridized carbons (Fsp3) is 0.452. The Kier molecular flexibility index (Phi) is 14.6. The Bertz CT molecular complexity index is 1940. The monoisotopic (exact) mass is 819 g/mol. The van der Waals surface area contributed by atoms with Crippen LogP contribution in [-0.2, 0) is 30.1 Å². The molecule has 0 radical (unpaired) electrons. The van der Waals surface area contributed by atoms with Crippen LogP contribution in [0.2, 0.25) is 18.1 Å². The molecule has 4 rings (SSSR count). The van der Waals surface area contributed by atoms with E-state index in [1.165, 1.54) is 37.1 Å². The minimum atomic E-state index is -2.62. The van der Waals surface area contributed by atoms with Crippen molar-refractivity contribution in [1.29, 1.82) is 0 Å². The van der Waals surface area contributed by atoms with Crippen molar-refractivity contribution >= 4 is 49.6 Å². The van der Waals surface area contributed by atoms with E-state index in [4.69, 9.17) is 18.6 Å². The number of rotatable bonds is 14. The van der Waals surface area contributed by atoms with E-state index in [1.54, 1.807) is 49.2 Å². The summed E-state index contributed by atoms with van der Waals surface area (Å²) in [4.78, 5) is 69.6. The summed E-state index contributed by atoms with van der Waals surface area (Å²) in [6, 6.07) is 6.84. The van der Waals surface area contributed by atoms with Gasteiger partial charge in [-0.05, 0) is 73.7 Å².